The second-order valence-corrected chi connectivity index (χ2v) is 5.80. The van der Waals surface area contributed by atoms with Crippen LogP contribution in [0.1, 0.15) is 33.1 Å². The van der Waals surface area contributed by atoms with E-state index in [1.54, 1.807) is 4.90 Å². The zero-order valence-electron chi connectivity index (χ0n) is 11.1. The summed E-state index contributed by atoms with van der Waals surface area (Å²) in [5.74, 6) is -0.650. The Morgan fingerprint density at radius 3 is 2.50 bits per heavy atom. The Labute approximate surface area is 108 Å². The minimum atomic E-state index is -0.917. The quantitative estimate of drug-likeness (QED) is 0.757. The second-order valence-electron chi connectivity index (χ2n) is 5.80. The highest BCUT2D eigenvalue weighted by atomic mass is 16.4. The molecule has 0 aromatic carbocycles. The van der Waals surface area contributed by atoms with Crippen LogP contribution in [0.4, 0.5) is 0 Å². The molecule has 0 radical (unpaired) electrons. The fourth-order valence-electron chi connectivity index (χ4n) is 2.82. The molecule has 1 heterocycles. The maximum atomic E-state index is 12.7. The molecule has 1 saturated carbocycles. The molecule has 102 valence electrons. The standard InChI is InChI=1S/C13H22N2O3/c1-9(2)13(5-6-14-8-13)12(18)15(7-11(16)17)10-3-4-10/h9-10,14H,3-8H2,1-2H3,(H,16,17). The summed E-state index contributed by atoms with van der Waals surface area (Å²) >= 11 is 0. The maximum absolute atomic E-state index is 12.7. The van der Waals surface area contributed by atoms with Crippen LogP contribution < -0.4 is 5.32 Å². The largest absolute Gasteiger partial charge is 0.480 e. The summed E-state index contributed by atoms with van der Waals surface area (Å²) in [6.45, 7) is 5.47. The lowest BCUT2D eigenvalue weighted by Gasteiger charge is -2.36. The van der Waals surface area contributed by atoms with Crippen molar-refractivity contribution in [1.29, 1.82) is 0 Å². The number of carbonyl (C=O) groups excluding carboxylic acids is 1. The highest BCUT2D eigenvalue weighted by Gasteiger charge is 2.49. The minimum absolute atomic E-state index is 0.0346. The molecule has 18 heavy (non-hydrogen) atoms. The molecule has 0 aromatic heterocycles. The molecular formula is C13H22N2O3. The van der Waals surface area contributed by atoms with Crippen molar-refractivity contribution in [2.24, 2.45) is 11.3 Å². The molecule has 0 bridgehead atoms. The van der Waals surface area contributed by atoms with Crippen LogP contribution in [0.5, 0.6) is 0 Å². The van der Waals surface area contributed by atoms with E-state index < -0.39 is 11.4 Å². The SMILES string of the molecule is CC(C)C1(C(=O)N(CC(=O)O)C2CC2)CCNC1. The smallest absolute Gasteiger partial charge is 0.323 e. The van der Waals surface area contributed by atoms with E-state index in [2.05, 4.69) is 19.2 Å². The Morgan fingerprint density at radius 2 is 2.11 bits per heavy atom. The Balaban J connectivity index is 2.17. The van der Waals surface area contributed by atoms with Gasteiger partial charge in [0.25, 0.3) is 0 Å². The second kappa shape index (κ2) is 4.88. The van der Waals surface area contributed by atoms with Crippen LogP contribution in [0.2, 0.25) is 0 Å². The number of carboxylic acid groups (broad SMARTS) is 1. The van der Waals surface area contributed by atoms with Gasteiger partial charge in [-0.15, -0.1) is 0 Å². The molecule has 1 amide bonds. The summed E-state index contributed by atoms with van der Waals surface area (Å²) in [6.07, 6.45) is 2.70. The predicted molar refractivity (Wildman–Crippen MR) is 67.1 cm³/mol. The molecule has 2 rings (SSSR count). The Morgan fingerprint density at radius 1 is 1.44 bits per heavy atom. The van der Waals surface area contributed by atoms with Crippen LogP contribution >= 0.6 is 0 Å². The van der Waals surface area contributed by atoms with E-state index in [1.807, 2.05) is 0 Å². The van der Waals surface area contributed by atoms with Gasteiger partial charge in [0.15, 0.2) is 0 Å². The van der Waals surface area contributed by atoms with Gasteiger partial charge in [-0.05, 0) is 31.7 Å². The van der Waals surface area contributed by atoms with Crippen LogP contribution in [0.3, 0.4) is 0 Å². The average molecular weight is 254 g/mol. The fraction of sp³-hybridized carbons (Fsp3) is 0.846. The molecule has 2 N–H and O–H groups in total. The van der Waals surface area contributed by atoms with Gasteiger partial charge in [-0.3, -0.25) is 9.59 Å². The van der Waals surface area contributed by atoms with Crippen molar-refractivity contribution >= 4 is 11.9 Å². The van der Waals surface area contributed by atoms with E-state index in [4.69, 9.17) is 5.11 Å². The number of aliphatic carboxylic acids is 1. The van der Waals surface area contributed by atoms with Crippen LogP contribution in [0, 0.1) is 11.3 Å². The average Bonchev–Trinajstić information content (AvgIpc) is 3.01. The summed E-state index contributed by atoms with van der Waals surface area (Å²) in [4.78, 5) is 25.3. The van der Waals surface area contributed by atoms with E-state index in [0.29, 0.717) is 6.54 Å². The first-order valence-corrected chi connectivity index (χ1v) is 6.71. The molecule has 1 aliphatic heterocycles. The molecule has 1 aliphatic carbocycles. The maximum Gasteiger partial charge on any atom is 0.323 e. The van der Waals surface area contributed by atoms with Crippen molar-refractivity contribution < 1.29 is 14.7 Å². The lowest BCUT2D eigenvalue weighted by atomic mass is 9.75. The third-order valence-electron chi connectivity index (χ3n) is 4.27. The van der Waals surface area contributed by atoms with Gasteiger partial charge in [0.05, 0.1) is 5.41 Å². The monoisotopic (exact) mass is 254 g/mol. The van der Waals surface area contributed by atoms with Crippen molar-refractivity contribution in [3.63, 3.8) is 0 Å². The normalized spacial score (nSPS) is 27.5. The molecule has 0 spiro atoms. The van der Waals surface area contributed by atoms with E-state index >= 15 is 0 Å². The molecule has 2 fully saturated rings. The number of amides is 1. The predicted octanol–water partition coefficient (Wildman–Crippen LogP) is 0.698. The number of nitrogens with zero attached hydrogens (tertiary/aromatic N) is 1. The summed E-state index contributed by atoms with van der Waals surface area (Å²) in [7, 11) is 0. The molecule has 5 nitrogen and oxygen atoms in total. The van der Waals surface area contributed by atoms with E-state index in [9.17, 15) is 9.59 Å². The number of hydrogen-bond donors (Lipinski definition) is 2. The van der Waals surface area contributed by atoms with Gasteiger partial charge in [0, 0.05) is 12.6 Å². The van der Waals surface area contributed by atoms with E-state index in [1.165, 1.54) is 0 Å². The van der Waals surface area contributed by atoms with Gasteiger partial charge < -0.3 is 15.3 Å². The van der Waals surface area contributed by atoms with Crippen molar-refractivity contribution in [3.8, 4) is 0 Å². The lowest BCUT2D eigenvalue weighted by Crippen LogP contribution is -2.50. The Kier molecular flexibility index (Phi) is 3.61. The third kappa shape index (κ3) is 2.36. The molecule has 1 unspecified atom stereocenters. The topological polar surface area (TPSA) is 69.6 Å². The highest BCUT2D eigenvalue weighted by molar-refractivity contribution is 5.87. The molecule has 1 atom stereocenters. The van der Waals surface area contributed by atoms with Gasteiger partial charge in [-0.2, -0.15) is 0 Å². The van der Waals surface area contributed by atoms with Crippen molar-refractivity contribution in [2.45, 2.75) is 39.2 Å². The van der Waals surface area contributed by atoms with Gasteiger partial charge in [0.2, 0.25) is 5.91 Å². The van der Waals surface area contributed by atoms with Gasteiger partial charge in [0.1, 0.15) is 6.54 Å². The first kappa shape index (κ1) is 13.3. The number of hydrogen-bond acceptors (Lipinski definition) is 3. The Bertz CT molecular complexity index is 344. The fourth-order valence-corrected chi connectivity index (χ4v) is 2.82. The zero-order valence-corrected chi connectivity index (χ0v) is 11.1. The highest BCUT2D eigenvalue weighted by Crippen LogP contribution is 2.39. The van der Waals surface area contributed by atoms with Gasteiger partial charge in [-0.1, -0.05) is 13.8 Å². The number of carbonyl (C=O) groups is 2. The molecule has 1 saturated heterocycles. The molecule has 0 aromatic rings. The Hall–Kier alpha value is -1.10. The summed E-state index contributed by atoms with van der Waals surface area (Å²) in [6, 6.07) is 0.157. The van der Waals surface area contributed by atoms with Crippen LogP contribution in [-0.2, 0) is 9.59 Å². The summed E-state index contributed by atoms with van der Waals surface area (Å²) in [5, 5.41) is 12.2. The van der Waals surface area contributed by atoms with Crippen molar-refractivity contribution in [2.75, 3.05) is 19.6 Å². The van der Waals surface area contributed by atoms with Crippen molar-refractivity contribution in [1.82, 2.24) is 10.2 Å². The third-order valence-corrected chi connectivity index (χ3v) is 4.27. The summed E-state index contributed by atoms with van der Waals surface area (Å²) in [5.41, 5.74) is -0.405. The number of rotatable bonds is 5. The zero-order chi connectivity index (χ0) is 13.3. The minimum Gasteiger partial charge on any atom is -0.480 e. The van der Waals surface area contributed by atoms with E-state index in [0.717, 1.165) is 25.8 Å². The number of nitrogens with one attached hydrogen (secondary N) is 1. The lowest BCUT2D eigenvalue weighted by molar-refractivity contribution is -0.151. The van der Waals surface area contributed by atoms with Gasteiger partial charge in [-0.25, -0.2) is 0 Å². The van der Waals surface area contributed by atoms with E-state index in [-0.39, 0.29) is 24.4 Å². The molecule has 2 aliphatic rings. The molecular weight excluding hydrogens is 232 g/mol. The van der Waals surface area contributed by atoms with Gasteiger partial charge >= 0.3 is 5.97 Å². The van der Waals surface area contributed by atoms with Crippen LogP contribution in [-0.4, -0.2) is 47.6 Å². The first-order valence-electron chi connectivity index (χ1n) is 6.71. The first-order chi connectivity index (χ1) is 8.47. The number of carboxylic acids is 1. The van der Waals surface area contributed by atoms with Crippen LogP contribution in [0.15, 0.2) is 0 Å². The molecule has 5 heteroatoms. The van der Waals surface area contributed by atoms with Crippen molar-refractivity contribution in [3.05, 3.63) is 0 Å². The van der Waals surface area contributed by atoms with Crippen LogP contribution in [0.25, 0.3) is 0 Å². The summed E-state index contributed by atoms with van der Waals surface area (Å²) < 4.78 is 0.